The number of hydrogen-bond acceptors (Lipinski definition) is 0. The Morgan fingerprint density at radius 1 is 0.500 bits per heavy atom. The third kappa shape index (κ3) is 2.90. The molecule has 0 nitrogen and oxygen atoms in total. The normalized spacial score (nSPS) is 11.6. The highest BCUT2D eigenvalue weighted by molar-refractivity contribution is 14.2. The number of rotatable bonds is 4. The molecule has 0 aromatic heterocycles. The van der Waals surface area contributed by atoms with Crippen LogP contribution in [0.2, 0.25) is 0 Å². The fourth-order valence-electron chi connectivity index (χ4n) is 2.98. The summed E-state index contributed by atoms with van der Waals surface area (Å²) in [4.78, 5) is 0. The van der Waals surface area contributed by atoms with Gasteiger partial charge in [0, 0.05) is 0 Å². The van der Waals surface area contributed by atoms with E-state index in [0.29, 0.717) is 1.55 Å². The lowest BCUT2D eigenvalue weighted by atomic mass is 10.3. The van der Waals surface area contributed by atoms with Crippen LogP contribution >= 0.6 is 45.2 Å². The van der Waals surface area contributed by atoms with E-state index in [9.17, 15) is 0 Å². The van der Waals surface area contributed by atoms with E-state index in [1.165, 1.54) is 15.6 Å². The van der Waals surface area contributed by atoms with Crippen LogP contribution in [0.5, 0.6) is 0 Å². The maximum atomic E-state index is 2.62. The zero-order valence-electron chi connectivity index (χ0n) is 12.0. The van der Waals surface area contributed by atoms with Crippen LogP contribution in [-0.2, 0) is 0 Å². The molecule has 0 unspecified atom stereocenters. The molecule has 0 saturated carbocycles. The van der Waals surface area contributed by atoms with Gasteiger partial charge in [0.1, 0.15) is 0 Å². The molecule has 0 spiro atoms. The first-order valence-electron chi connectivity index (χ1n) is 7.21. The van der Waals surface area contributed by atoms with Gasteiger partial charge in [0.05, 0.1) is 1.55 Å². The van der Waals surface area contributed by atoms with Crippen LogP contribution in [0.4, 0.5) is 0 Å². The van der Waals surface area contributed by atoms with Gasteiger partial charge in [-0.1, -0.05) is 136 Å². The summed E-state index contributed by atoms with van der Waals surface area (Å²) in [6.45, 7) is 0. The molecule has 22 heavy (non-hydrogen) atoms. The van der Waals surface area contributed by atoms with Crippen LogP contribution in [0, 0.1) is 0 Å². The molecule has 3 rings (SSSR count). The van der Waals surface area contributed by atoms with Crippen LogP contribution < -0.4 is 15.6 Å². The molecule has 0 heterocycles. The molecule has 0 aliphatic heterocycles. The second-order valence-electron chi connectivity index (χ2n) is 5.21. The molecule has 3 aromatic rings. The Labute approximate surface area is 160 Å². The average Bonchev–Trinajstić information content (AvgIpc) is 2.58. The molecule has 0 bridgehead atoms. The monoisotopic (exact) mass is 526 g/mol. The van der Waals surface area contributed by atoms with E-state index < -0.39 is 8.07 Å². The highest BCUT2D eigenvalue weighted by Gasteiger charge is 2.44. The first kappa shape index (κ1) is 16.2. The Morgan fingerprint density at radius 3 is 1.00 bits per heavy atom. The highest BCUT2D eigenvalue weighted by atomic mass is 127. The van der Waals surface area contributed by atoms with Crippen LogP contribution in [0.25, 0.3) is 0 Å². The van der Waals surface area contributed by atoms with Crippen molar-refractivity contribution in [2.45, 2.75) is 1.55 Å². The highest BCUT2D eigenvalue weighted by Crippen LogP contribution is 2.24. The number of hydrogen-bond donors (Lipinski definition) is 0. The third-order valence-corrected chi connectivity index (χ3v) is 14.0. The molecule has 0 amide bonds. The van der Waals surface area contributed by atoms with Gasteiger partial charge in [-0.2, -0.15) is 0 Å². The summed E-state index contributed by atoms with van der Waals surface area (Å²) in [6, 6.07) is 33.1. The molecule has 0 aliphatic carbocycles. The van der Waals surface area contributed by atoms with Crippen LogP contribution in [0.15, 0.2) is 91.0 Å². The summed E-state index contributed by atoms with van der Waals surface area (Å²) in [6.07, 6.45) is 0. The lowest BCUT2D eigenvalue weighted by molar-refractivity contribution is 1.66. The Morgan fingerprint density at radius 2 is 0.773 bits per heavy atom. The first-order chi connectivity index (χ1) is 10.8. The van der Waals surface area contributed by atoms with Crippen molar-refractivity contribution in [2.75, 3.05) is 0 Å². The SMILES string of the molecule is IC(I)[Si](c1ccccc1)(c1ccccc1)c1ccccc1. The molecular formula is C19H16I2Si. The van der Waals surface area contributed by atoms with Gasteiger partial charge in [0.25, 0.3) is 0 Å². The van der Waals surface area contributed by atoms with Crippen molar-refractivity contribution >= 4 is 68.8 Å². The second-order valence-corrected chi connectivity index (χ2v) is 16.4. The van der Waals surface area contributed by atoms with Gasteiger partial charge in [0.2, 0.25) is 0 Å². The lowest BCUT2D eigenvalue weighted by Gasteiger charge is -2.35. The molecule has 0 radical (unpaired) electrons. The van der Waals surface area contributed by atoms with Crippen molar-refractivity contribution in [1.82, 2.24) is 0 Å². The summed E-state index contributed by atoms with van der Waals surface area (Å²) in [5, 5.41) is 4.42. The van der Waals surface area contributed by atoms with Crippen molar-refractivity contribution in [3.05, 3.63) is 91.0 Å². The average molecular weight is 526 g/mol. The minimum Gasteiger partial charge on any atom is -0.0733 e. The first-order valence-corrected chi connectivity index (χ1v) is 11.8. The zero-order chi connectivity index (χ0) is 15.4. The molecule has 0 N–H and O–H groups in total. The van der Waals surface area contributed by atoms with Crippen LogP contribution in [0.3, 0.4) is 0 Å². The maximum Gasteiger partial charge on any atom is 0.171 e. The van der Waals surface area contributed by atoms with Crippen molar-refractivity contribution in [3.8, 4) is 0 Å². The Hall–Kier alpha value is -0.663. The van der Waals surface area contributed by atoms with E-state index in [4.69, 9.17) is 0 Å². The van der Waals surface area contributed by atoms with E-state index in [1.807, 2.05) is 0 Å². The van der Waals surface area contributed by atoms with Crippen molar-refractivity contribution in [3.63, 3.8) is 0 Å². The van der Waals surface area contributed by atoms with E-state index >= 15 is 0 Å². The van der Waals surface area contributed by atoms with Gasteiger partial charge in [-0.25, -0.2) is 0 Å². The smallest absolute Gasteiger partial charge is 0.0733 e. The summed E-state index contributed by atoms with van der Waals surface area (Å²) in [5.41, 5.74) is 0. The zero-order valence-corrected chi connectivity index (χ0v) is 17.3. The van der Waals surface area contributed by atoms with Gasteiger partial charge < -0.3 is 0 Å². The number of halogens is 2. The molecule has 0 aliphatic rings. The van der Waals surface area contributed by atoms with Crippen molar-refractivity contribution < 1.29 is 0 Å². The largest absolute Gasteiger partial charge is 0.171 e. The predicted molar refractivity (Wildman–Crippen MR) is 116 cm³/mol. The lowest BCUT2D eigenvalue weighted by Crippen LogP contribution is -2.71. The van der Waals surface area contributed by atoms with Gasteiger partial charge in [-0.15, -0.1) is 0 Å². The molecule has 3 aromatic carbocycles. The molecular weight excluding hydrogens is 510 g/mol. The van der Waals surface area contributed by atoms with Crippen LogP contribution in [0.1, 0.15) is 0 Å². The maximum absolute atomic E-state index is 2.62. The fraction of sp³-hybridized carbons (Fsp3) is 0.0526. The van der Waals surface area contributed by atoms with Gasteiger partial charge in [-0.3, -0.25) is 0 Å². The number of benzene rings is 3. The van der Waals surface area contributed by atoms with Crippen molar-refractivity contribution in [1.29, 1.82) is 0 Å². The van der Waals surface area contributed by atoms with Gasteiger partial charge in [-0.05, 0) is 15.6 Å². The molecule has 0 fully saturated rings. The van der Waals surface area contributed by atoms with E-state index in [0.717, 1.165) is 0 Å². The standard InChI is InChI=1S/C19H16I2Si/c20-19(21)22(16-10-4-1-5-11-16,17-12-6-2-7-13-17)18-14-8-3-9-15-18/h1-15,19H. The third-order valence-electron chi connectivity index (χ3n) is 4.01. The Balaban J connectivity index is 2.34. The Kier molecular flexibility index (Phi) is 5.36. The summed E-state index contributed by atoms with van der Waals surface area (Å²) < 4.78 is 0.523. The minimum absolute atomic E-state index is 0.523. The Bertz CT molecular complexity index is 616. The molecule has 3 heteroatoms. The van der Waals surface area contributed by atoms with Gasteiger partial charge in [0.15, 0.2) is 8.07 Å². The summed E-state index contributed by atoms with van der Waals surface area (Å²) in [7, 11) is -2.03. The minimum atomic E-state index is -2.03. The molecule has 0 saturated heterocycles. The van der Waals surface area contributed by atoms with E-state index in [-0.39, 0.29) is 0 Å². The fourth-order valence-corrected chi connectivity index (χ4v) is 13.4. The quantitative estimate of drug-likeness (QED) is 0.210. The summed E-state index contributed by atoms with van der Waals surface area (Å²) in [5.74, 6) is 0. The van der Waals surface area contributed by atoms with E-state index in [2.05, 4.69) is 136 Å². The molecule has 0 atom stereocenters. The van der Waals surface area contributed by atoms with E-state index in [1.54, 1.807) is 0 Å². The van der Waals surface area contributed by atoms with Crippen LogP contribution in [-0.4, -0.2) is 9.63 Å². The van der Waals surface area contributed by atoms with Gasteiger partial charge >= 0.3 is 0 Å². The predicted octanol–water partition coefficient (Wildman–Crippen LogP) is 3.89. The topological polar surface area (TPSA) is 0 Å². The molecule has 110 valence electrons. The number of alkyl halides is 2. The van der Waals surface area contributed by atoms with Crippen molar-refractivity contribution in [2.24, 2.45) is 0 Å². The summed E-state index contributed by atoms with van der Waals surface area (Å²) >= 11 is 5.23. The second kappa shape index (κ2) is 7.27.